The summed E-state index contributed by atoms with van der Waals surface area (Å²) >= 11 is 3.41. The molecule has 0 spiro atoms. The summed E-state index contributed by atoms with van der Waals surface area (Å²) in [4.78, 5) is 4.72. The zero-order valence-electron chi connectivity index (χ0n) is 14.5. The summed E-state index contributed by atoms with van der Waals surface area (Å²) in [6.45, 7) is 1.18. The molecule has 0 N–H and O–H groups in total. The van der Waals surface area contributed by atoms with Gasteiger partial charge in [0, 0.05) is 23.1 Å². The third-order valence-corrected chi connectivity index (χ3v) is 6.99. The van der Waals surface area contributed by atoms with E-state index in [1.54, 1.807) is 24.3 Å². The first-order valence-electron chi connectivity index (χ1n) is 8.70. The van der Waals surface area contributed by atoms with E-state index in [1.807, 2.05) is 24.3 Å². The van der Waals surface area contributed by atoms with Gasteiger partial charge in [-0.15, -0.1) is 0 Å². The molecule has 0 atom stereocenters. The number of benzene rings is 2. The van der Waals surface area contributed by atoms with Crippen molar-refractivity contribution >= 4 is 26.0 Å². The van der Waals surface area contributed by atoms with Gasteiger partial charge in [0.1, 0.15) is 0 Å². The second-order valence-corrected chi connectivity index (χ2v) is 9.30. The van der Waals surface area contributed by atoms with Crippen LogP contribution < -0.4 is 0 Å². The number of aromatic nitrogens is 2. The molecule has 2 heterocycles. The summed E-state index contributed by atoms with van der Waals surface area (Å²) in [6, 6.07) is 14.6. The van der Waals surface area contributed by atoms with Crippen LogP contribution in [0.25, 0.3) is 11.4 Å². The van der Waals surface area contributed by atoms with Gasteiger partial charge < -0.3 is 4.52 Å². The van der Waals surface area contributed by atoms with Gasteiger partial charge in [0.15, 0.2) is 0 Å². The van der Waals surface area contributed by atoms with E-state index in [4.69, 9.17) is 4.52 Å². The summed E-state index contributed by atoms with van der Waals surface area (Å²) < 4.78 is 33.1. The van der Waals surface area contributed by atoms with Crippen LogP contribution in [-0.4, -0.2) is 36.0 Å². The quantitative estimate of drug-likeness (QED) is 0.592. The summed E-state index contributed by atoms with van der Waals surface area (Å²) in [7, 11) is -3.41. The van der Waals surface area contributed by atoms with Crippen LogP contribution in [0.4, 0.5) is 0 Å². The molecular formula is C19H18BrN3O3S. The molecule has 1 fully saturated rings. The molecule has 0 radical (unpaired) electrons. The second kappa shape index (κ2) is 7.53. The fourth-order valence-corrected chi connectivity index (χ4v) is 4.86. The zero-order valence-corrected chi connectivity index (χ0v) is 16.9. The molecule has 1 saturated heterocycles. The third-order valence-electron chi connectivity index (χ3n) is 4.55. The highest BCUT2D eigenvalue weighted by molar-refractivity contribution is 9.10. The molecule has 0 aliphatic carbocycles. The average Bonchev–Trinajstić information content (AvgIpc) is 3.36. The fourth-order valence-electron chi connectivity index (χ4n) is 3.07. The smallest absolute Gasteiger partial charge is 0.243 e. The maximum absolute atomic E-state index is 12.6. The molecule has 27 heavy (non-hydrogen) atoms. The van der Waals surface area contributed by atoms with Crippen molar-refractivity contribution in [2.24, 2.45) is 0 Å². The Bertz CT molecular complexity index is 1020. The first-order valence-corrected chi connectivity index (χ1v) is 10.9. The minimum Gasteiger partial charge on any atom is -0.339 e. The van der Waals surface area contributed by atoms with E-state index >= 15 is 0 Å². The molecule has 3 aromatic rings. The van der Waals surface area contributed by atoms with Crippen LogP contribution in [0.3, 0.4) is 0 Å². The predicted octanol–water partition coefficient (Wildman–Crippen LogP) is 3.87. The Labute approximate surface area is 166 Å². The van der Waals surface area contributed by atoms with Crippen molar-refractivity contribution in [3.05, 3.63) is 64.5 Å². The molecular weight excluding hydrogens is 430 g/mol. The first kappa shape index (κ1) is 18.3. The highest BCUT2D eigenvalue weighted by Gasteiger charge is 2.27. The Balaban J connectivity index is 1.51. The van der Waals surface area contributed by atoms with Crippen LogP contribution in [0.1, 0.15) is 24.3 Å². The molecule has 0 saturated carbocycles. The number of hydrogen-bond acceptors (Lipinski definition) is 5. The lowest BCUT2D eigenvalue weighted by Gasteiger charge is -2.15. The summed E-state index contributed by atoms with van der Waals surface area (Å²) in [5, 5.41) is 4.01. The minimum atomic E-state index is -3.41. The van der Waals surface area contributed by atoms with Crippen molar-refractivity contribution in [3.8, 4) is 11.4 Å². The molecule has 2 aromatic carbocycles. The standard InChI is InChI=1S/C19H18BrN3O3S/c20-16-7-3-14(4-8-16)13-18-21-19(22-26-18)15-5-9-17(10-6-15)27(24,25)23-11-1-2-12-23/h3-10H,1-2,11-13H2. The molecule has 140 valence electrons. The topological polar surface area (TPSA) is 76.3 Å². The molecule has 8 heteroatoms. The van der Waals surface area contributed by atoms with Gasteiger partial charge in [-0.3, -0.25) is 0 Å². The fraction of sp³-hybridized carbons (Fsp3) is 0.263. The van der Waals surface area contributed by atoms with Gasteiger partial charge >= 0.3 is 0 Å². The second-order valence-electron chi connectivity index (χ2n) is 6.45. The van der Waals surface area contributed by atoms with Crippen molar-refractivity contribution in [2.45, 2.75) is 24.2 Å². The number of hydrogen-bond donors (Lipinski definition) is 0. The largest absolute Gasteiger partial charge is 0.339 e. The van der Waals surface area contributed by atoms with Gasteiger partial charge in [0.25, 0.3) is 0 Å². The van der Waals surface area contributed by atoms with Crippen molar-refractivity contribution in [1.29, 1.82) is 0 Å². The monoisotopic (exact) mass is 447 g/mol. The van der Waals surface area contributed by atoms with Crippen LogP contribution in [-0.2, 0) is 16.4 Å². The molecule has 0 bridgehead atoms. The zero-order chi connectivity index (χ0) is 18.9. The summed E-state index contributed by atoms with van der Waals surface area (Å²) in [6.07, 6.45) is 2.38. The number of halogens is 1. The molecule has 4 rings (SSSR count). The van der Waals surface area contributed by atoms with E-state index < -0.39 is 10.0 Å². The molecule has 0 amide bonds. The molecule has 0 unspecified atom stereocenters. The van der Waals surface area contributed by atoms with E-state index in [2.05, 4.69) is 26.1 Å². The Kier molecular flexibility index (Phi) is 5.12. The van der Waals surface area contributed by atoms with Gasteiger partial charge in [0.05, 0.1) is 11.3 Å². The van der Waals surface area contributed by atoms with Crippen molar-refractivity contribution in [2.75, 3.05) is 13.1 Å². The lowest BCUT2D eigenvalue weighted by Crippen LogP contribution is -2.27. The lowest BCUT2D eigenvalue weighted by atomic mass is 10.1. The van der Waals surface area contributed by atoms with Crippen molar-refractivity contribution in [3.63, 3.8) is 0 Å². The summed E-state index contributed by atoms with van der Waals surface area (Å²) in [5.41, 5.74) is 1.79. The lowest BCUT2D eigenvalue weighted by molar-refractivity contribution is 0.385. The van der Waals surface area contributed by atoms with E-state index in [0.717, 1.165) is 28.4 Å². The van der Waals surface area contributed by atoms with Crippen molar-refractivity contribution < 1.29 is 12.9 Å². The van der Waals surface area contributed by atoms with Gasteiger partial charge in [-0.05, 0) is 54.8 Å². The molecule has 1 aliphatic heterocycles. The summed E-state index contributed by atoms with van der Waals surface area (Å²) in [5.74, 6) is 0.966. The first-order chi connectivity index (χ1) is 13.0. The van der Waals surface area contributed by atoms with Crippen LogP contribution >= 0.6 is 15.9 Å². The Morgan fingerprint density at radius 3 is 2.33 bits per heavy atom. The third kappa shape index (κ3) is 3.97. The van der Waals surface area contributed by atoms with Crippen LogP contribution in [0.5, 0.6) is 0 Å². The van der Waals surface area contributed by atoms with Crippen molar-refractivity contribution in [1.82, 2.24) is 14.4 Å². The average molecular weight is 448 g/mol. The minimum absolute atomic E-state index is 0.298. The Hall–Kier alpha value is -2.03. The SMILES string of the molecule is O=S(=O)(c1ccc(-c2noc(Cc3ccc(Br)cc3)n2)cc1)N1CCCC1. The number of sulfonamides is 1. The van der Waals surface area contributed by atoms with Gasteiger partial charge in [-0.1, -0.05) is 33.2 Å². The van der Waals surface area contributed by atoms with E-state index in [1.165, 1.54) is 4.31 Å². The number of rotatable bonds is 5. The Morgan fingerprint density at radius 1 is 1.00 bits per heavy atom. The molecule has 1 aromatic heterocycles. The van der Waals surface area contributed by atoms with Gasteiger partial charge in [-0.2, -0.15) is 9.29 Å². The highest BCUT2D eigenvalue weighted by Crippen LogP contribution is 2.24. The van der Waals surface area contributed by atoms with Crippen LogP contribution in [0.15, 0.2) is 62.4 Å². The maximum Gasteiger partial charge on any atom is 0.243 e. The Morgan fingerprint density at radius 2 is 1.67 bits per heavy atom. The molecule has 6 nitrogen and oxygen atoms in total. The van der Waals surface area contributed by atoms with E-state index in [0.29, 0.717) is 36.1 Å². The van der Waals surface area contributed by atoms with E-state index in [-0.39, 0.29) is 0 Å². The molecule has 1 aliphatic rings. The normalized spacial score (nSPS) is 15.3. The maximum atomic E-state index is 12.6. The number of nitrogens with zero attached hydrogens (tertiary/aromatic N) is 3. The van der Waals surface area contributed by atoms with Crippen LogP contribution in [0, 0.1) is 0 Å². The van der Waals surface area contributed by atoms with Crippen LogP contribution in [0.2, 0.25) is 0 Å². The predicted molar refractivity (Wildman–Crippen MR) is 105 cm³/mol. The van der Waals surface area contributed by atoms with E-state index in [9.17, 15) is 8.42 Å². The van der Waals surface area contributed by atoms with Gasteiger partial charge in [0.2, 0.25) is 21.7 Å². The van der Waals surface area contributed by atoms with Gasteiger partial charge in [-0.25, -0.2) is 8.42 Å². The highest BCUT2D eigenvalue weighted by atomic mass is 79.9.